The lowest BCUT2D eigenvalue weighted by Crippen LogP contribution is -2.69. The Balaban J connectivity index is 0.688. The molecule has 0 aromatic heterocycles. The van der Waals surface area contributed by atoms with Gasteiger partial charge in [0.1, 0.15) is 164 Å². The molecule has 828 valence electrons. The van der Waals surface area contributed by atoms with Crippen molar-refractivity contribution in [3.63, 3.8) is 0 Å². The van der Waals surface area contributed by atoms with Crippen molar-refractivity contribution in [1.82, 2.24) is 0 Å². The van der Waals surface area contributed by atoms with E-state index in [-0.39, 0.29) is 61.5 Å². The van der Waals surface area contributed by atoms with E-state index in [9.17, 15) is 127 Å². The van der Waals surface area contributed by atoms with Gasteiger partial charge in [0.2, 0.25) is 6.29 Å². The predicted molar refractivity (Wildman–Crippen MR) is 490 cm³/mol. The largest absolute Gasteiger partial charge is 0.451 e. The van der Waals surface area contributed by atoms with Crippen molar-refractivity contribution in [1.29, 1.82) is 0 Å². The second-order valence-corrected chi connectivity index (χ2v) is 44.9. The van der Waals surface area contributed by atoms with Crippen molar-refractivity contribution in [3.05, 3.63) is 60.3 Å². The molecule has 9 aliphatic heterocycles. The zero-order valence-electron chi connectivity index (χ0n) is 84.1. The van der Waals surface area contributed by atoms with E-state index in [4.69, 9.17) is 94.7 Å². The highest BCUT2D eigenvalue weighted by atomic mass is 16.8. The highest BCUT2D eigenvalue weighted by Crippen LogP contribution is 2.76. The lowest BCUT2D eigenvalue weighted by Gasteiger charge is -2.71. The van der Waals surface area contributed by atoms with Gasteiger partial charge in [-0.3, -0.25) is 4.79 Å². The van der Waals surface area contributed by atoms with Crippen LogP contribution in [-0.2, 0) is 109 Å². The molecule has 9 saturated heterocycles. The molecule has 51 atom stereocenters. The van der Waals surface area contributed by atoms with Gasteiger partial charge in [-0.1, -0.05) is 84.4 Å². The molecule has 0 aromatic carbocycles. The molecule has 51 unspecified atom stereocenters. The van der Waals surface area contributed by atoms with Gasteiger partial charge in [-0.15, -0.1) is 13.2 Å². The average Bonchev–Trinajstić information content (AvgIpc) is 0.668. The van der Waals surface area contributed by atoms with E-state index in [1.807, 2.05) is 0 Å². The zero-order chi connectivity index (χ0) is 106. The number of rotatable bonds is 32. The molecule has 0 spiro atoms. The van der Waals surface area contributed by atoms with E-state index < -0.39 is 372 Å². The molecule has 145 heavy (non-hydrogen) atoms. The van der Waals surface area contributed by atoms with E-state index in [1.54, 1.807) is 13.8 Å². The van der Waals surface area contributed by atoms with Crippen LogP contribution in [0.1, 0.15) is 173 Å². The third kappa shape index (κ3) is 23.3. The molecule has 46 nitrogen and oxygen atoms in total. The molecular weight excluding hydrogens is 1930 g/mol. The van der Waals surface area contributed by atoms with Gasteiger partial charge in [-0.25, -0.2) is 9.59 Å². The van der Waals surface area contributed by atoms with E-state index in [0.717, 1.165) is 5.57 Å². The summed E-state index contributed by atoms with van der Waals surface area (Å²) in [4.78, 5) is 44.2. The van der Waals surface area contributed by atoms with Crippen LogP contribution in [0.5, 0.6) is 0 Å². The number of fused-ring (bicyclic) bond motifs is 7. The number of aliphatic hydroxyl groups excluding tert-OH is 22. The molecule has 0 radical (unpaired) electrons. The van der Waals surface area contributed by atoms with E-state index in [0.29, 0.717) is 44.9 Å². The highest BCUT2D eigenvalue weighted by molar-refractivity contribution is 5.88. The zero-order valence-corrected chi connectivity index (χ0v) is 84.1. The second-order valence-electron chi connectivity index (χ2n) is 44.9. The number of hydrogen-bond donors (Lipinski definition) is 23. The fraction of sp³-hybridized carbons (Fsp3) is 0.869. The summed E-state index contributed by atoms with van der Waals surface area (Å²) in [6, 6.07) is 0. The van der Waals surface area contributed by atoms with Crippen LogP contribution in [-0.4, -0.2) is 451 Å². The van der Waals surface area contributed by atoms with Gasteiger partial charge in [0.25, 0.3) is 0 Å². The van der Waals surface area contributed by atoms with Crippen molar-refractivity contribution in [2.24, 2.45) is 50.2 Å². The molecule has 13 fully saturated rings. The topological polar surface area (TPSA) is 701 Å². The Morgan fingerprint density at radius 3 is 1.48 bits per heavy atom. The maximum absolute atomic E-state index is 16.5. The number of esters is 3. The summed E-state index contributed by atoms with van der Waals surface area (Å²) in [5, 5.41) is 259. The molecule has 4 saturated carbocycles. The minimum Gasteiger partial charge on any atom is -0.451 e. The number of aliphatic hydroxyl groups is 23. The smallest absolute Gasteiger partial charge is 0.333 e. The minimum absolute atomic E-state index is 0.0156. The van der Waals surface area contributed by atoms with Crippen molar-refractivity contribution in [2.45, 2.75) is 443 Å². The average molecular weight is 2080 g/mol. The van der Waals surface area contributed by atoms with Crippen LogP contribution >= 0.6 is 0 Å². The van der Waals surface area contributed by atoms with E-state index >= 15 is 4.79 Å². The Labute approximate surface area is 840 Å². The van der Waals surface area contributed by atoms with Crippen molar-refractivity contribution in [3.8, 4) is 0 Å². The summed E-state index contributed by atoms with van der Waals surface area (Å²) in [5.41, 5.74) is -6.49. The fourth-order valence-electron chi connectivity index (χ4n) is 24.6. The number of hydrogen-bond acceptors (Lipinski definition) is 46. The molecule has 9 heterocycles. The SMILES string of the molecule is C=CC(C)(O)CCC=C(C)C(=O)OC1C(OC(C)(C=C)CCC=C(C)C(=O)OC2C(OCC3OC(OC(=O)C45CCC(C)(C)CC4C4=CCC6C7(C)CCC(OC8OC(COC9OCC(O)C(O)C9OC9OCC(O)C(O)C9O)C(O)C(O)C8O)C(C)(C)C7CCC6(C)C4(C)CC5O)C(OC4OC(C)C(OC5OCC(O)C(OC6OCC(O)C(O)C6O)C5O)C(O)C4O)C(O)C3O)OC(C)C(O)C2O)OCC(O)C1O. The summed E-state index contributed by atoms with van der Waals surface area (Å²) in [6.45, 7) is 27.3. The number of carbonyl (C=O) groups excluding carboxylic acids is 3. The third-order valence-electron chi connectivity index (χ3n) is 34.2. The monoisotopic (exact) mass is 2080 g/mol. The van der Waals surface area contributed by atoms with Crippen molar-refractivity contribution >= 4 is 17.9 Å². The molecular formula is C99H156O46. The summed E-state index contributed by atoms with van der Waals surface area (Å²) < 4.78 is 120. The molecule has 23 N–H and O–H groups in total. The predicted octanol–water partition coefficient (Wildman–Crippen LogP) is -4.26. The van der Waals surface area contributed by atoms with E-state index in [2.05, 4.69) is 67.7 Å². The Bertz CT molecular complexity index is 4470. The number of allylic oxidation sites excluding steroid dienone is 4. The summed E-state index contributed by atoms with van der Waals surface area (Å²) >= 11 is 0. The van der Waals surface area contributed by atoms with E-state index in [1.165, 1.54) is 52.0 Å². The lowest BCUT2D eigenvalue weighted by atomic mass is 9.33. The van der Waals surface area contributed by atoms with Crippen LogP contribution in [0.2, 0.25) is 0 Å². The number of carbonyl (C=O) groups is 3. The first kappa shape index (κ1) is 116. The summed E-state index contributed by atoms with van der Waals surface area (Å²) in [6.07, 6.45) is -59.8. The molecule has 0 aromatic rings. The van der Waals surface area contributed by atoms with Crippen LogP contribution < -0.4 is 0 Å². The first-order valence-corrected chi connectivity index (χ1v) is 50.4. The van der Waals surface area contributed by atoms with Gasteiger partial charge in [0.15, 0.2) is 68.6 Å². The van der Waals surface area contributed by atoms with Gasteiger partial charge in [0, 0.05) is 11.1 Å². The molecule has 14 rings (SSSR count). The van der Waals surface area contributed by atoms with Crippen molar-refractivity contribution in [2.75, 3.05) is 46.2 Å². The summed E-state index contributed by atoms with van der Waals surface area (Å²) in [5.74, 6) is -3.91. The normalized spacial score (nSPS) is 49.0. The third-order valence-corrected chi connectivity index (χ3v) is 34.2. The van der Waals surface area contributed by atoms with Gasteiger partial charge >= 0.3 is 17.9 Å². The molecule has 0 amide bonds. The van der Waals surface area contributed by atoms with Gasteiger partial charge in [-0.05, 0) is 170 Å². The molecule has 0 bridgehead atoms. The first-order chi connectivity index (χ1) is 67.9. The first-order valence-electron chi connectivity index (χ1n) is 50.4. The second kappa shape index (κ2) is 45.9. The molecule has 14 aliphatic rings. The highest BCUT2D eigenvalue weighted by Gasteiger charge is 2.73. The fourth-order valence-corrected chi connectivity index (χ4v) is 24.6. The van der Waals surface area contributed by atoms with Crippen LogP contribution in [0.25, 0.3) is 0 Å². The Morgan fingerprint density at radius 1 is 0.428 bits per heavy atom. The van der Waals surface area contributed by atoms with Gasteiger partial charge in [0.05, 0.1) is 81.9 Å². The molecule has 46 heteroatoms. The minimum atomic E-state index is -2.25. The maximum atomic E-state index is 16.5. The molecule has 5 aliphatic carbocycles. The summed E-state index contributed by atoms with van der Waals surface area (Å²) in [7, 11) is 0. The Hall–Kier alpha value is -4.49. The van der Waals surface area contributed by atoms with Gasteiger partial charge < -0.3 is 212 Å². The van der Waals surface area contributed by atoms with Crippen LogP contribution in [0.4, 0.5) is 0 Å². The van der Waals surface area contributed by atoms with Crippen LogP contribution in [0, 0.1) is 50.2 Å². The van der Waals surface area contributed by atoms with Crippen LogP contribution in [0.3, 0.4) is 0 Å². The maximum Gasteiger partial charge on any atom is 0.333 e. The number of ether oxygens (including phenoxy) is 20. The van der Waals surface area contributed by atoms with Crippen molar-refractivity contribution < 1.29 is 227 Å². The Kier molecular flexibility index (Phi) is 36.7. The lowest BCUT2D eigenvalue weighted by molar-refractivity contribution is -0.381. The van der Waals surface area contributed by atoms with Crippen LogP contribution in [0.15, 0.2) is 60.3 Å². The Morgan fingerprint density at radius 2 is 0.890 bits per heavy atom. The quantitative estimate of drug-likeness (QED) is 0.00997. The van der Waals surface area contributed by atoms with Gasteiger partial charge in [-0.2, -0.15) is 0 Å². The standard InChI is InChI=1S/C99H156O46/c1-16-94(11,125)26-18-20-41(3)80(122)138-77-62(110)50(103)37-130-89(77)145-95(12,17-2)27-19-21-42(4)81(123)139-78-66(114)58(106)43(5)133-88(78)132-40-53-64(112)67(115)79(143-85-72(120)68(116)74(44(6)134-85)140-84-73(121)75(51(104)38-128-84)141-82-69(117)59(107)47(100)34-126-82)90(136-53)144-91(124)99-31-30-92(7,8)32-46(99)45-22-23-55-96(13)28-25-57(93(9,10)54(96)24-29-97(55,14)98(45,15)33-56(99)105)137-86-71(119)65(113)63(111)52(135-86)39-131-87-76(61(109)49(102)36-129-87)142-83-70(118)60(108)48(101)35-127-83/h16-17,20-22,43-44,46-79,82-90,100-121,125H,1-2,18-19,23-40H2,3-15H3.